The van der Waals surface area contributed by atoms with Crippen LogP contribution in [0.1, 0.15) is 56.8 Å². The van der Waals surface area contributed by atoms with Crippen LogP contribution in [0.2, 0.25) is 0 Å². The van der Waals surface area contributed by atoms with Crippen molar-refractivity contribution in [2.45, 2.75) is 58.5 Å². The number of fused-ring (bicyclic) bond motifs is 1. The molecule has 200 valence electrons. The molecule has 1 aromatic rings. The zero-order chi connectivity index (χ0) is 26.5. The molecule has 1 aliphatic heterocycles. The number of para-hydroxylation sites is 1. The van der Waals surface area contributed by atoms with Gasteiger partial charge in [-0.15, -0.1) is 0 Å². The monoisotopic (exact) mass is 504 g/mol. The van der Waals surface area contributed by atoms with Gasteiger partial charge >= 0.3 is 0 Å². The van der Waals surface area contributed by atoms with E-state index in [9.17, 15) is 19.2 Å². The summed E-state index contributed by atoms with van der Waals surface area (Å²) in [4.78, 5) is 54.2. The second-order valence-electron chi connectivity index (χ2n) is 9.29. The summed E-state index contributed by atoms with van der Waals surface area (Å²) < 4.78 is 10.9. The molecule has 0 fully saturated rings. The van der Waals surface area contributed by atoms with Crippen molar-refractivity contribution in [1.29, 1.82) is 0 Å². The Morgan fingerprint density at radius 2 is 1.97 bits per heavy atom. The topological polar surface area (TPSA) is 126 Å². The largest absolute Gasteiger partial charge is 0.491 e. The first-order chi connectivity index (χ1) is 17.3. The number of amides is 4. The summed E-state index contributed by atoms with van der Waals surface area (Å²) in [6.07, 6.45) is 1.86. The molecule has 36 heavy (non-hydrogen) atoms. The molecule has 10 heteroatoms. The van der Waals surface area contributed by atoms with Gasteiger partial charge < -0.3 is 30.3 Å². The predicted octanol–water partition coefficient (Wildman–Crippen LogP) is 1.49. The first kappa shape index (κ1) is 29.1. The normalized spacial score (nSPS) is 19.6. The zero-order valence-electron chi connectivity index (χ0n) is 21.8. The molecule has 10 nitrogen and oxygen atoms in total. The molecule has 0 unspecified atom stereocenters. The quantitative estimate of drug-likeness (QED) is 0.438. The first-order valence-corrected chi connectivity index (χ1v) is 12.6. The van der Waals surface area contributed by atoms with Crippen LogP contribution in [0.5, 0.6) is 5.75 Å². The van der Waals surface area contributed by atoms with Crippen molar-refractivity contribution in [2.75, 3.05) is 40.0 Å². The van der Waals surface area contributed by atoms with Gasteiger partial charge in [0.15, 0.2) is 0 Å². The van der Waals surface area contributed by atoms with Crippen LogP contribution < -0.4 is 20.7 Å². The third-order valence-corrected chi connectivity index (χ3v) is 5.80. The average Bonchev–Trinajstić information content (AvgIpc) is 2.84. The van der Waals surface area contributed by atoms with E-state index < -0.39 is 29.8 Å². The van der Waals surface area contributed by atoms with Gasteiger partial charge in [-0.05, 0) is 30.9 Å². The lowest BCUT2D eigenvalue weighted by Gasteiger charge is -2.30. The number of methoxy groups -OCH3 is 1. The molecule has 1 heterocycles. The molecular weight excluding hydrogens is 464 g/mol. The van der Waals surface area contributed by atoms with Crippen LogP contribution in [-0.4, -0.2) is 80.6 Å². The van der Waals surface area contributed by atoms with E-state index in [0.29, 0.717) is 25.3 Å². The summed E-state index contributed by atoms with van der Waals surface area (Å²) in [5.74, 6) is -1.21. The number of hydrogen-bond acceptors (Lipinski definition) is 6. The van der Waals surface area contributed by atoms with E-state index in [-0.39, 0.29) is 43.6 Å². The Morgan fingerprint density at radius 3 is 2.67 bits per heavy atom. The number of nitrogens with one attached hydrogen (secondary N) is 3. The lowest BCUT2D eigenvalue weighted by atomic mass is 10.0. The van der Waals surface area contributed by atoms with Gasteiger partial charge in [0.1, 0.15) is 24.4 Å². The molecular formula is C26H40N4O6. The minimum atomic E-state index is -1.14. The van der Waals surface area contributed by atoms with Crippen molar-refractivity contribution in [3.8, 4) is 5.75 Å². The predicted molar refractivity (Wildman–Crippen MR) is 136 cm³/mol. The molecule has 3 N–H and O–H groups in total. The minimum absolute atomic E-state index is 0.155. The summed E-state index contributed by atoms with van der Waals surface area (Å²) in [5, 5.41) is 8.15. The van der Waals surface area contributed by atoms with Crippen LogP contribution in [0.4, 0.5) is 0 Å². The summed E-state index contributed by atoms with van der Waals surface area (Å²) in [5.41, 5.74) is 0.244. The fraction of sp³-hybridized carbons (Fsp3) is 0.615. The number of hydrogen-bond donors (Lipinski definition) is 3. The van der Waals surface area contributed by atoms with Crippen LogP contribution in [-0.2, 0) is 19.1 Å². The van der Waals surface area contributed by atoms with Crippen molar-refractivity contribution in [2.24, 2.45) is 5.92 Å². The Bertz CT molecular complexity index is 891. The van der Waals surface area contributed by atoms with Crippen molar-refractivity contribution in [3.05, 3.63) is 29.8 Å². The molecule has 2 rings (SSSR count). The molecule has 0 saturated carbocycles. The Hall–Kier alpha value is -3.14. The Labute approximate surface area is 213 Å². The number of carbonyl (C=O) groups is 4. The highest BCUT2D eigenvalue weighted by Gasteiger charge is 2.30. The van der Waals surface area contributed by atoms with E-state index in [1.165, 1.54) is 7.11 Å². The molecule has 4 amide bonds. The Balaban J connectivity index is 2.39. The maximum absolute atomic E-state index is 13.5. The lowest BCUT2D eigenvalue weighted by Crippen LogP contribution is -2.53. The molecule has 0 aromatic heterocycles. The molecule has 0 spiro atoms. The molecule has 0 radical (unpaired) electrons. The summed E-state index contributed by atoms with van der Waals surface area (Å²) in [6, 6.07) is 4.82. The molecule has 1 aromatic carbocycles. The van der Waals surface area contributed by atoms with Crippen LogP contribution in [0.3, 0.4) is 0 Å². The van der Waals surface area contributed by atoms with Gasteiger partial charge in [0.05, 0.1) is 25.1 Å². The van der Waals surface area contributed by atoms with Gasteiger partial charge in [-0.1, -0.05) is 39.3 Å². The van der Waals surface area contributed by atoms with Crippen LogP contribution in [0.25, 0.3) is 0 Å². The molecule has 0 bridgehead atoms. The molecule has 1 aliphatic rings. The lowest BCUT2D eigenvalue weighted by molar-refractivity contribution is -0.137. The van der Waals surface area contributed by atoms with Crippen LogP contribution in [0, 0.1) is 5.92 Å². The molecule has 0 aliphatic carbocycles. The number of benzene rings is 1. The highest BCUT2D eigenvalue weighted by Crippen LogP contribution is 2.19. The number of nitrogens with zero attached hydrogens (tertiary/aromatic N) is 1. The van der Waals surface area contributed by atoms with E-state index >= 15 is 0 Å². The van der Waals surface area contributed by atoms with E-state index in [2.05, 4.69) is 16.0 Å². The van der Waals surface area contributed by atoms with Crippen molar-refractivity contribution >= 4 is 23.6 Å². The first-order valence-electron chi connectivity index (χ1n) is 12.6. The van der Waals surface area contributed by atoms with Gasteiger partial charge in [0, 0.05) is 20.2 Å². The smallest absolute Gasteiger partial charge is 0.255 e. The van der Waals surface area contributed by atoms with Crippen LogP contribution >= 0.6 is 0 Å². The SMILES string of the molecule is CCCCN1CCOc2ccccc2C(=O)N[C@H](C(=O)NCCOC)CC(=O)N[C@@H](CC(C)C)C1=O. The van der Waals surface area contributed by atoms with Gasteiger partial charge in [-0.3, -0.25) is 19.2 Å². The third-order valence-electron chi connectivity index (χ3n) is 5.80. The minimum Gasteiger partial charge on any atom is -0.491 e. The fourth-order valence-electron chi connectivity index (χ4n) is 3.92. The van der Waals surface area contributed by atoms with Crippen molar-refractivity contribution < 1.29 is 28.7 Å². The second-order valence-corrected chi connectivity index (χ2v) is 9.29. The standard InChI is InChI=1S/C26H40N4O6/c1-5-6-12-30-13-15-36-22-10-8-7-9-19(22)24(32)29-20(25(33)27-11-14-35-4)17-23(31)28-21(26(30)34)16-18(2)3/h7-10,18,20-21H,5-6,11-17H2,1-4H3,(H,27,33)(H,28,31)(H,29,32)/t20-,21-/m0/s1. The Kier molecular flexibility index (Phi) is 12.2. The maximum Gasteiger partial charge on any atom is 0.255 e. The third kappa shape index (κ3) is 9.14. The molecule has 2 atom stereocenters. The van der Waals surface area contributed by atoms with E-state index in [1.54, 1.807) is 29.2 Å². The van der Waals surface area contributed by atoms with E-state index in [0.717, 1.165) is 12.8 Å². The number of rotatable bonds is 9. The summed E-state index contributed by atoms with van der Waals surface area (Å²) >= 11 is 0. The Morgan fingerprint density at radius 1 is 1.22 bits per heavy atom. The highest BCUT2D eigenvalue weighted by atomic mass is 16.5. The second kappa shape index (κ2) is 15.1. The highest BCUT2D eigenvalue weighted by molar-refractivity contribution is 6.01. The summed E-state index contributed by atoms with van der Waals surface area (Å²) in [7, 11) is 1.51. The van der Waals surface area contributed by atoms with Crippen LogP contribution in [0.15, 0.2) is 24.3 Å². The van der Waals surface area contributed by atoms with Gasteiger partial charge in [-0.2, -0.15) is 0 Å². The fourth-order valence-corrected chi connectivity index (χ4v) is 3.92. The maximum atomic E-state index is 13.5. The average molecular weight is 505 g/mol. The van der Waals surface area contributed by atoms with E-state index in [4.69, 9.17) is 9.47 Å². The number of ether oxygens (including phenoxy) is 2. The van der Waals surface area contributed by atoms with Gasteiger partial charge in [-0.25, -0.2) is 0 Å². The molecule has 0 saturated heterocycles. The van der Waals surface area contributed by atoms with Crippen molar-refractivity contribution in [1.82, 2.24) is 20.9 Å². The van der Waals surface area contributed by atoms with Crippen molar-refractivity contribution in [3.63, 3.8) is 0 Å². The number of unbranched alkanes of at least 4 members (excludes halogenated alkanes) is 1. The van der Waals surface area contributed by atoms with Gasteiger partial charge in [0.25, 0.3) is 5.91 Å². The zero-order valence-corrected chi connectivity index (χ0v) is 21.8. The summed E-state index contributed by atoms with van der Waals surface area (Å²) in [6.45, 7) is 7.56. The number of carbonyl (C=O) groups excluding carboxylic acids is 4. The van der Waals surface area contributed by atoms with Gasteiger partial charge in [0.2, 0.25) is 17.7 Å². The van der Waals surface area contributed by atoms with E-state index in [1.807, 2.05) is 20.8 Å².